The standard InChI is InChI=1S/C21H21ClN2O4/c1-27-16-9-13(10-17(12-16)28-2)3-8-20(25)23-15-6-7-18(19(22)11-15)21(26)24-14-4-5-14/h3,6-12,14H,4-5H2,1-2H3,(H,23,25)(H,24,26)/b8-3+. The number of carbonyl (C=O) groups excluding carboxylic acids is 2. The lowest BCUT2D eigenvalue weighted by molar-refractivity contribution is -0.111. The second-order valence-corrected chi connectivity index (χ2v) is 6.82. The van der Waals surface area contributed by atoms with E-state index in [4.69, 9.17) is 21.1 Å². The summed E-state index contributed by atoms with van der Waals surface area (Å²) in [5, 5.41) is 5.90. The first-order valence-corrected chi connectivity index (χ1v) is 9.19. The molecule has 6 nitrogen and oxygen atoms in total. The summed E-state index contributed by atoms with van der Waals surface area (Å²) in [6.45, 7) is 0. The van der Waals surface area contributed by atoms with Crippen molar-refractivity contribution in [3.63, 3.8) is 0 Å². The minimum Gasteiger partial charge on any atom is -0.497 e. The molecule has 1 aliphatic carbocycles. The third kappa shape index (κ3) is 5.27. The summed E-state index contributed by atoms with van der Waals surface area (Å²) < 4.78 is 10.4. The average Bonchev–Trinajstić information content (AvgIpc) is 3.50. The predicted octanol–water partition coefficient (Wildman–Crippen LogP) is 3.90. The van der Waals surface area contributed by atoms with Gasteiger partial charge in [-0.25, -0.2) is 0 Å². The third-order valence-corrected chi connectivity index (χ3v) is 4.51. The number of nitrogens with one attached hydrogen (secondary N) is 2. The van der Waals surface area contributed by atoms with Gasteiger partial charge in [0.05, 0.1) is 24.8 Å². The van der Waals surface area contributed by atoms with E-state index in [-0.39, 0.29) is 22.9 Å². The van der Waals surface area contributed by atoms with Gasteiger partial charge in [0, 0.05) is 23.9 Å². The van der Waals surface area contributed by atoms with E-state index in [1.807, 2.05) is 0 Å². The summed E-state index contributed by atoms with van der Waals surface area (Å²) in [7, 11) is 3.13. The maximum Gasteiger partial charge on any atom is 0.253 e. The highest BCUT2D eigenvalue weighted by Gasteiger charge is 2.24. The number of anilines is 1. The number of amides is 2. The van der Waals surface area contributed by atoms with Crippen LogP contribution in [-0.2, 0) is 4.79 Å². The van der Waals surface area contributed by atoms with E-state index in [9.17, 15) is 9.59 Å². The Morgan fingerprint density at radius 1 is 1.07 bits per heavy atom. The quantitative estimate of drug-likeness (QED) is 0.691. The van der Waals surface area contributed by atoms with Gasteiger partial charge in [0.2, 0.25) is 5.91 Å². The predicted molar refractivity (Wildman–Crippen MR) is 109 cm³/mol. The molecule has 28 heavy (non-hydrogen) atoms. The van der Waals surface area contributed by atoms with Crippen molar-refractivity contribution in [1.29, 1.82) is 0 Å². The Labute approximate surface area is 168 Å². The number of methoxy groups -OCH3 is 2. The highest BCUT2D eigenvalue weighted by molar-refractivity contribution is 6.34. The summed E-state index contributed by atoms with van der Waals surface area (Å²) in [5.41, 5.74) is 1.66. The summed E-state index contributed by atoms with van der Waals surface area (Å²) in [4.78, 5) is 24.3. The highest BCUT2D eigenvalue weighted by atomic mass is 35.5. The normalized spacial score (nSPS) is 13.2. The van der Waals surface area contributed by atoms with Crippen LogP contribution in [0.25, 0.3) is 6.08 Å². The molecule has 0 atom stereocenters. The molecule has 0 unspecified atom stereocenters. The number of halogens is 1. The van der Waals surface area contributed by atoms with Crippen LogP contribution in [0.1, 0.15) is 28.8 Å². The van der Waals surface area contributed by atoms with Crippen LogP contribution in [0.4, 0.5) is 5.69 Å². The van der Waals surface area contributed by atoms with Crippen LogP contribution in [0, 0.1) is 0 Å². The summed E-state index contributed by atoms with van der Waals surface area (Å²) >= 11 is 6.19. The van der Waals surface area contributed by atoms with Gasteiger partial charge in [-0.2, -0.15) is 0 Å². The molecule has 0 saturated heterocycles. The zero-order valence-electron chi connectivity index (χ0n) is 15.6. The molecule has 0 heterocycles. The Morgan fingerprint density at radius 3 is 2.32 bits per heavy atom. The van der Waals surface area contributed by atoms with Crippen LogP contribution in [0.3, 0.4) is 0 Å². The number of hydrogen-bond acceptors (Lipinski definition) is 4. The average molecular weight is 401 g/mol. The lowest BCUT2D eigenvalue weighted by Gasteiger charge is -2.08. The Kier molecular flexibility index (Phi) is 6.21. The lowest BCUT2D eigenvalue weighted by Crippen LogP contribution is -2.25. The maximum atomic E-state index is 12.2. The number of benzene rings is 2. The first-order valence-electron chi connectivity index (χ1n) is 8.81. The van der Waals surface area contributed by atoms with Gasteiger partial charge in [-0.3, -0.25) is 9.59 Å². The molecule has 2 aromatic carbocycles. The summed E-state index contributed by atoms with van der Waals surface area (Å²) in [5.74, 6) is 0.739. The molecule has 3 rings (SSSR count). The molecule has 2 N–H and O–H groups in total. The van der Waals surface area contributed by atoms with Crippen molar-refractivity contribution in [1.82, 2.24) is 5.32 Å². The molecule has 2 aromatic rings. The highest BCUT2D eigenvalue weighted by Crippen LogP contribution is 2.25. The smallest absolute Gasteiger partial charge is 0.253 e. The second kappa shape index (κ2) is 8.80. The fraction of sp³-hybridized carbons (Fsp3) is 0.238. The molecule has 1 saturated carbocycles. The fourth-order valence-corrected chi connectivity index (χ4v) is 2.82. The molecular weight excluding hydrogens is 380 g/mol. The molecule has 1 aliphatic rings. The van der Waals surface area contributed by atoms with Gasteiger partial charge >= 0.3 is 0 Å². The van der Waals surface area contributed by atoms with E-state index in [0.717, 1.165) is 18.4 Å². The van der Waals surface area contributed by atoms with Gasteiger partial charge in [-0.1, -0.05) is 11.6 Å². The van der Waals surface area contributed by atoms with Crippen molar-refractivity contribution in [2.75, 3.05) is 19.5 Å². The molecule has 1 fully saturated rings. The van der Waals surface area contributed by atoms with Gasteiger partial charge in [-0.15, -0.1) is 0 Å². The van der Waals surface area contributed by atoms with Gasteiger partial charge in [0.25, 0.3) is 5.91 Å². The fourth-order valence-electron chi connectivity index (χ4n) is 2.55. The molecule has 0 aromatic heterocycles. The Morgan fingerprint density at radius 2 is 1.75 bits per heavy atom. The van der Waals surface area contributed by atoms with Crippen LogP contribution in [0.5, 0.6) is 11.5 Å². The van der Waals surface area contributed by atoms with Gasteiger partial charge in [0.15, 0.2) is 0 Å². The Bertz CT molecular complexity index is 900. The first-order chi connectivity index (χ1) is 13.5. The van der Waals surface area contributed by atoms with Gasteiger partial charge in [-0.05, 0) is 54.8 Å². The number of hydrogen-bond donors (Lipinski definition) is 2. The number of ether oxygens (including phenoxy) is 2. The van der Waals surface area contributed by atoms with Crippen LogP contribution in [0.15, 0.2) is 42.5 Å². The second-order valence-electron chi connectivity index (χ2n) is 6.41. The van der Waals surface area contributed by atoms with Gasteiger partial charge in [0.1, 0.15) is 11.5 Å². The van der Waals surface area contributed by atoms with Crippen LogP contribution < -0.4 is 20.1 Å². The first kappa shape index (κ1) is 19.8. The minimum absolute atomic E-state index is 0.197. The van der Waals surface area contributed by atoms with Crippen molar-refractivity contribution < 1.29 is 19.1 Å². The molecule has 7 heteroatoms. The number of carbonyl (C=O) groups is 2. The maximum absolute atomic E-state index is 12.2. The molecule has 0 bridgehead atoms. The largest absolute Gasteiger partial charge is 0.497 e. The van der Waals surface area contributed by atoms with Crippen LogP contribution in [0.2, 0.25) is 5.02 Å². The van der Waals surface area contributed by atoms with Crippen LogP contribution >= 0.6 is 11.6 Å². The molecule has 0 radical (unpaired) electrons. The topological polar surface area (TPSA) is 76.7 Å². The van der Waals surface area contributed by atoms with E-state index >= 15 is 0 Å². The monoisotopic (exact) mass is 400 g/mol. The molecule has 0 spiro atoms. The Hall–Kier alpha value is -2.99. The molecule has 0 aliphatic heterocycles. The lowest BCUT2D eigenvalue weighted by atomic mass is 10.1. The van der Waals surface area contributed by atoms with Crippen molar-refractivity contribution in [2.45, 2.75) is 18.9 Å². The molecule has 146 valence electrons. The molecular formula is C21H21ClN2O4. The molecule has 2 amide bonds. The number of rotatable bonds is 7. The summed E-state index contributed by atoms with van der Waals surface area (Å²) in [6.07, 6.45) is 5.06. The van der Waals surface area contributed by atoms with E-state index < -0.39 is 0 Å². The van der Waals surface area contributed by atoms with Crippen molar-refractivity contribution in [3.8, 4) is 11.5 Å². The van der Waals surface area contributed by atoms with E-state index in [2.05, 4.69) is 10.6 Å². The third-order valence-electron chi connectivity index (χ3n) is 4.19. The Balaban J connectivity index is 1.65. The SMILES string of the molecule is COc1cc(/C=C/C(=O)Nc2ccc(C(=O)NC3CC3)c(Cl)c2)cc(OC)c1. The summed E-state index contributed by atoms with van der Waals surface area (Å²) in [6, 6.07) is 10.4. The van der Waals surface area contributed by atoms with Crippen LogP contribution in [-0.4, -0.2) is 32.1 Å². The zero-order valence-corrected chi connectivity index (χ0v) is 16.4. The van der Waals surface area contributed by atoms with E-state index in [1.54, 1.807) is 56.7 Å². The van der Waals surface area contributed by atoms with E-state index in [0.29, 0.717) is 22.7 Å². The van der Waals surface area contributed by atoms with Crippen molar-refractivity contribution in [3.05, 3.63) is 58.6 Å². The van der Waals surface area contributed by atoms with Crippen molar-refractivity contribution in [2.24, 2.45) is 0 Å². The van der Waals surface area contributed by atoms with Crippen molar-refractivity contribution >= 4 is 35.2 Å². The van der Waals surface area contributed by atoms with E-state index in [1.165, 1.54) is 6.08 Å². The minimum atomic E-state index is -0.326. The van der Waals surface area contributed by atoms with Gasteiger partial charge < -0.3 is 20.1 Å². The zero-order chi connectivity index (χ0) is 20.1.